The minimum absolute atomic E-state index is 0.00538. The molecule has 0 unspecified atom stereocenters. The lowest BCUT2D eigenvalue weighted by molar-refractivity contribution is -0.385. The van der Waals surface area contributed by atoms with Gasteiger partial charge in [0.1, 0.15) is 18.8 Å². The van der Waals surface area contributed by atoms with Crippen LogP contribution in [0.15, 0.2) is 12.1 Å². The van der Waals surface area contributed by atoms with E-state index in [1.807, 2.05) is 0 Å². The lowest BCUT2D eigenvalue weighted by atomic mass is 10.1. The molecule has 26 heavy (non-hydrogen) atoms. The van der Waals surface area contributed by atoms with Crippen LogP contribution in [0.4, 0.5) is 5.69 Å². The normalized spacial score (nSPS) is 17.8. The van der Waals surface area contributed by atoms with Crippen LogP contribution in [0, 0.1) is 10.1 Å². The fourth-order valence-electron chi connectivity index (χ4n) is 2.92. The van der Waals surface area contributed by atoms with E-state index in [2.05, 4.69) is 0 Å². The lowest BCUT2D eigenvalue weighted by Gasteiger charge is -2.33. The Hall–Kier alpha value is -2.40. The molecule has 142 valence electrons. The van der Waals surface area contributed by atoms with Gasteiger partial charge in [-0.25, -0.2) is 8.42 Å². The number of fused-ring (bicyclic) bond motifs is 1. The zero-order valence-electron chi connectivity index (χ0n) is 14.2. The molecular weight excluding hydrogens is 366 g/mol. The molecule has 3 rings (SSSR count). The Kier molecular flexibility index (Phi) is 5.01. The first-order valence-corrected chi connectivity index (χ1v) is 9.79. The molecule has 2 aliphatic rings. The van der Waals surface area contributed by atoms with Crippen molar-refractivity contribution in [1.82, 2.24) is 9.21 Å². The Morgan fingerprint density at radius 3 is 2.27 bits per heavy atom. The molecule has 0 aliphatic carbocycles. The van der Waals surface area contributed by atoms with Gasteiger partial charge in [0.15, 0.2) is 11.5 Å². The number of piperazine rings is 1. The van der Waals surface area contributed by atoms with Crippen LogP contribution in [-0.2, 0) is 10.0 Å². The number of rotatable bonds is 4. The number of ether oxygens (including phenoxy) is 2. The van der Waals surface area contributed by atoms with Crippen LogP contribution in [0.2, 0.25) is 0 Å². The van der Waals surface area contributed by atoms with Crippen molar-refractivity contribution in [2.45, 2.75) is 6.92 Å². The van der Waals surface area contributed by atoms with E-state index in [0.717, 1.165) is 0 Å². The minimum Gasteiger partial charge on any atom is -0.486 e. The third kappa shape index (κ3) is 3.44. The molecule has 1 aromatic carbocycles. The second kappa shape index (κ2) is 7.08. The average Bonchev–Trinajstić information content (AvgIpc) is 2.66. The van der Waals surface area contributed by atoms with Crippen LogP contribution < -0.4 is 9.47 Å². The van der Waals surface area contributed by atoms with E-state index >= 15 is 0 Å². The summed E-state index contributed by atoms with van der Waals surface area (Å²) in [6.45, 7) is 2.82. The van der Waals surface area contributed by atoms with Gasteiger partial charge in [0, 0.05) is 32.2 Å². The van der Waals surface area contributed by atoms with Gasteiger partial charge in [-0.15, -0.1) is 0 Å². The molecule has 1 aromatic rings. The van der Waals surface area contributed by atoms with Gasteiger partial charge in [-0.05, 0) is 6.92 Å². The third-order valence-electron chi connectivity index (χ3n) is 4.37. The Bertz CT molecular complexity index is 832. The van der Waals surface area contributed by atoms with Gasteiger partial charge in [0.05, 0.1) is 16.7 Å². The molecule has 1 amide bonds. The number of carbonyl (C=O) groups excluding carboxylic acids is 1. The fourth-order valence-corrected chi connectivity index (χ4v) is 4.01. The van der Waals surface area contributed by atoms with Gasteiger partial charge < -0.3 is 14.4 Å². The predicted molar refractivity (Wildman–Crippen MR) is 91.0 cm³/mol. The molecule has 0 aromatic heterocycles. The maximum Gasteiger partial charge on any atom is 0.286 e. The summed E-state index contributed by atoms with van der Waals surface area (Å²) in [5, 5.41) is 11.4. The summed E-state index contributed by atoms with van der Waals surface area (Å²) >= 11 is 0. The van der Waals surface area contributed by atoms with Crippen LogP contribution in [-0.4, -0.2) is 73.6 Å². The summed E-state index contributed by atoms with van der Waals surface area (Å²) in [5.41, 5.74) is -0.450. The van der Waals surface area contributed by atoms with Gasteiger partial charge in [0.2, 0.25) is 10.0 Å². The number of nitrogens with zero attached hydrogens (tertiary/aromatic N) is 3. The zero-order chi connectivity index (χ0) is 18.9. The van der Waals surface area contributed by atoms with Gasteiger partial charge in [-0.1, -0.05) is 0 Å². The standard InChI is InChI=1S/C15H19N3O7S/c1-2-26(22,23)17-5-3-16(4-6-17)15(19)11-9-13-14(25-8-7-24-13)10-12(11)18(20)21/h9-10H,2-8H2,1H3. The van der Waals surface area contributed by atoms with Crippen molar-refractivity contribution in [3.8, 4) is 11.5 Å². The monoisotopic (exact) mass is 385 g/mol. The summed E-state index contributed by atoms with van der Waals surface area (Å²) in [6, 6.07) is 2.52. The fraction of sp³-hybridized carbons (Fsp3) is 0.533. The average molecular weight is 385 g/mol. The highest BCUT2D eigenvalue weighted by Crippen LogP contribution is 2.37. The van der Waals surface area contributed by atoms with E-state index in [4.69, 9.17) is 9.47 Å². The van der Waals surface area contributed by atoms with Crippen molar-refractivity contribution in [3.63, 3.8) is 0 Å². The predicted octanol–water partition coefficient (Wildman–Crippen LogP) is 0.474. The summed E-state index contributed by atoms with van der Waals surface area (Å²) in [4.78, 5) is 24.9. The molecule has 0 spiro atoms. The quantitative estimate of drug-likeness (QED) is 0.546. The van der Waals surface area contributed by atoms with Crippen molar-refractivity contribution in [1.29, 1.82) is 0 Å². The maximum atomic E-state index is 12.8. The maximum absolute atomic E-state index is 12.8. The van der Waals surface area contributed by atoms with Crippen LogP contribution in [0.25, 0.3) is 0 Å². The number of nitro benzene ring substituents is 1. The highest BCUT2D eigenvalue weighted by atomic mass is 32.2. The largest absolute Gasteiger partial charge is 0.486 e. The topological polar surface area (TPSA) is 119 Å². The second-order valence-corrected chi connectivity index (χ2v) is 8.12. The van der Waals surface area contributed by atoms with E-state index < -0.39 is 20.9 Å². The van der Waals surface area contributed by atoms with Crippen molar-refractivity contribution in [2.24, 2.45) is 0 Å². The van der Waals surface area contributed by atoms with Crippen molar-refractivity contribution in [3.05, 3.63) is 27.8 Å². The van der Waals surface area contributed by atoms with Gasteiger partial charge >= 0.3 is 0 Å². The summed E-state index contributed by atoms with van der Waals surface area (Å²) < 4.78 is 35.9. The molecule has 0 atom stereocenters. The van der Waals surface area contributed by atoms with Crippen molar-refractivity contribution in [2.75, 3.05) is 45.1 Å². The summed E-state index contributed by atoms with van der Waals surface area (Å²) in [6.07, 6.45) is 0. The summed E-state index contributed by atoms with van der Waals surface area (Å²) in [5.74, 6) is -0.00725. The Morgan fingerprint density at radius 1 is 1.15 bits per heavy atom. The molecule has 2 heterocycles. The van der Waals surface area contributed by atoms with Gasteiger partial charge in [0.25, 0.3) is 11.6 Å². The second-order valence-electron chi connectivity index (χ2n) is 5.86. The van der Waals surface area contributed by atoms with Crippen LogP contribution in [0.1, 0.15) is 17.3 Å². The Labute approximate surface area is 150 Å². The molecule has 11 heteroatoms. The van der Waals surface area contributed by atoms with E-state index in [0.29, 0.717) is 6.61 Å². The zero-order valence-corrected chi connectivity index (χ0v) is 15.0. The third-order valence-corrected chi connectivity index (χ3v) is 6.25. The number of carbonyl (C=O) groups is 1. The number of amides is 1. The SMILES string of the molecule is CCS(=O)(=O)N1CCN(C(=O)c2cc3c(cc2[N+](=O)[O-])OCCO3)CC1. The first-order chi connectivity index (χ1) is 12.3. The van der Waals surface area contributed by atoms with E-state index in [-0.39, 0.29) is 61.3 Å². The first-order valence-electron chi connectivity index (χ1n) is 8.18. The Morgan fingerprint density at radius 2 is 1.73 bits per heavy atom. The van der Waals surface area contributed by atoms with Crippen LogP contribution in [0.5, 0.6) is 11.5 Å². The highest BCUT2D eigenvalue weighted by molar-refractivity contribution is 7.89. The minimum atomic E-state index is -3.32. The van der Waals surface area contributed by atoms with E-state index in [9.17, 15) is 23.3 Å². The smallest absolute Gasteiger partial charge is 0.286 e. The number of nitro groups is 1. The summed E-state index contributed by atoms with van der Waals surface area (Å²) in [7, 11) is -3.32. The first kappa shape index (κ1) is 18.4. The van der Waals surface area contributed by atoms with Gasteiger partial charge in [-0.2, -0.15) is 4.31 Å². The molecule has 0 saturated carbocycles. The van der Waals surface area contributed by atoms with E-state index in [1.54, 1.807) is 6.92 Å². The molecule has 1 saturated heterocycles. The van der Waals surface area contributed by atoms with Gasteiger partial charge in [-0.3, -0.25) is 14.9 Å². The highest BCUT2D eigenvalue weighted by Gasteiger charge is 2.32. The molecule has 2 aliphatic heterocycles. The van der Waals surface area contributed by atoms with Crippen molar-refractivity contribution >= 4 is 21.6 Å². The molecule has 0 radical (unpaired) electrons. The van der Waals surface area contributed by atoms with Crippen LogP contribution in [0.3, 0.4) is 0 Å². The number of sulfonamides is 1. The van der Waals surface area contributed by atoms with Crippen molar-refractivity contribution < 1.29 is 27.6 Å². The number of hydrogen-bond acceptors (Lipinski definition) is 7. The molecule has 1 fully saturated rings. The van der Waals surface area contributed by atoms with E-state index in [1.165, 1.54) is 21.3 Å². The molecule has 0 bridgehead atoms. The number of hydrogen-bond donors (Lipinski definition) is 0. The number of benzene rings is 1. The van der Waals surface area contributed by atoms with Crippen LogP contribution >= 0.6 is 0 Å². The Balaban J connectivity index is 1.83. The lowest BCUT2D eigenvalue weighted by Crippen LogP contribution is -2.50. The molecular formula is C15H19N3O7S. The molecule has 0 N–H and O–H groups in total. The molecule has 10 nitrogen and oxygen atoms in total.